The van der Waals surface area contributed by atoms with Crippen molar-refractivity contribution in [1.82, 2.24) is 0 Å². The maximum Gasteiger partial charge on any atom is 0.339 e. The summed E-state index contributed by atoms with van der Waals surface area (Å²) in [5, 5.41) is 2.64. The van der Waals surface area contributed by atoms with E-state index in [9.17, 15) is 13.8 Å². The smallest absolute Gasteiger partial charge is 0.339 e. The standard InChI is InChI=1S/C23H18O5S/c1-2-29(26)20-10-6-5-9-18(20)23(25)27-14-16-13-21(24)28-19-12-11-15-7-3-4-8-17(15)22(16)19/h3-13H,2,14H2,1H3. The summed E-state index contributed by atoms with van der Waals surface area (Å²) >= 11 is 0. The molecule has 3 aromatic carbocycles. The maximum atomic E-state index is 12.7. The number of hydrogen-bond donors (Lipinski definition) is 0. The minimum Gasteiger partial charge on any atom is -0.457 e. The summed E-state index contributed by atoms with van der Waals surface area (Å²) in [6.07, 6.45) is 0. The topological polar surface area (TPSA) is 73.6 Å². The fourth-order valence-electron chi connectivity index (χ4n) is 3.34. The molecule has 4 aromatic rings. The third-order valence-electron chi connectivity index (χ3n) is 4.69. The Morgan fingerprint density at radius 3 is 2.62 bits per heavy atom. The zero-order chi connectivity index (χ0) is 20.4. The summed E-state index contributed by atoms with van der Waals surface area (Å²) in [7, 11) is -1.28. The Hall–Kier alpha value is -3.25. The average Bonchev–Trinajstić information content (AvgIpc) is 2.76. The highest BCUT2D eigenvalue weighted by atomic mass is 32.2. The zero-order valence-corrected chi connectivity index (χ0v) is 16.5. The van der Waals surface area contributed by atoms with E-state index in [1.54, 1.807) is 37.3 Å². The van der Waals surface area contributed by atoms with Crippen LogP contribution in [0.1, 0.15) is 22.8 Å². The van der Waals surface area contributed by atoms with Gasteiger partial charge in [0, 0.05) is 22.8 Å². The second kappa shape index (κ2) is 8.01. The van der Waals surface area contributed by atoms with Crippen molar-refractivity contribution in [2.45, 2.75) is 18.4 Å². The van der Waals surface area contributed by atoms with Gasteiger partial charge in [-0.3, -0.25) is 4.21 Å². The summed E-state index contributed by atoms with van der Waals surface area (Å²) in [6.45, 7) is 1.70. The Morgan fingerprint density at radius 2 is 1.79 bits per heavy atom. The number of carbonyl (C=O) groups is 1. The van der Waals surface area contributed by atoms with Crippen LogP contribution in [0.5, 0.6) is 0 Å². The van der Waals surface area contributed by atoms with E-state index in [0.29, 0.717) is 21.8 Å². The lowest BCUT2D eigenvalue weighted by atomic mass is 10.0. The fraction of sp³-hybridized carbons (Fsp3) is 0.130. The number of ether oxygens (including phenoxy) is 1. The van der Waals surface area contributed by atoms with Crippen molar-refractivity contribution < 1.29 is 18.2 Å². The molecule has 1 aromatic heterocycles. The minimum absolute atomic E-state index is 0.0952. The molecule has 0 saturated carbocycles. The van der Waals surface area contributed by atoms with Crippen LogP contribution in [-0.2, 0) is 22.1 Å². The fourth-order valence-corrected chi connectivity index (χ4v) is 4.28. The van der Waals surface area contributed by atoms with Gasteiger partial charge >= 0.3 is 11.6 Å². The molecule has 29 heavy (non-hydrogen) atoms. The molecule has 0 saturated heterocycles. The lowest BCUT2D eigenvalue weighted by Gasteiger charge is -2.11. The van der Waals surface area contributed by atoms with Gasteiger partial charge in [0.25, 0.3) is 0 Å². The molecule has 1 unspecified atom stereocenters. The van der Waals surface area contributed by atoms with Gasteiger partial charge in [-0.15, -0.1) is 0 Å². The molecule has 0 aliphatic rings. The van der Waals surface area contributed by atoms with Crippen LogP contribution in [0, 0.1) is 0 Å². The molecule has 5 nitrogen and oxygen atoms in total. The number of hydrogen-bond acceptors (Lipinski definition) is 5. The van der Waals surface area contributed by atoms with Crippen molar-refractivity contribution in [3.63, 3.8) is 0 Å². The lowest BCUT2D eigenvalue weighted by Crippen LogP contribution is -2.11. The average molecular weight is 406 g/mol. The third-order valence-corrected chi connectivity index (χ3v) is 6.06. The molecule has 0 fully saturated rings. The number of carbonyl (C=O) groups excluding carboxylic acids is 1. The van der Waals surface area contributed by atoms with E-state index < -0.39 is 22.4 Å². The molecule has 0 spiro atoms. The summed E-state index contributed by atoms with van der Waals surface area (Å²) in [6, 6.07) is 19.4. The van der Waals surface area contributed by atoms with E-state index in [0.717, 1.165) is 16.2 Å². The van der Waals surface area contributed by atoms with Crippen LogP contribution in [-0.4, -0.2) is 15.9 Å². The van der Waals surface area contributed by atoms with Crippen LogP contribution in [0.2, 0.25) is 0 Å². The van der Waals surface area contributed by atoms with Crippen LogP contribution < -0.4 is 5.63 Å². The molecule has 6 heteroatoms. The van der Waals surface area contributed by atoms with Crippen molar-refractivity contribution in [2.24, 2.45) is 0 Å². The van der Waals surface area contributed by atoms with Gasteiger partial charge in [-0.1, -0.05) is 49.4 Å². The SMILES string of the molecule is CCS(=O)c1ccccc1C(=O)OCc1cc(=O)oc2ccc3ccccc3c12. The first kappa shape index (κ1) is 19.1. The van der Waals surface area contributed by atoms with E-state index in [1.807, 2.05) is 30.3 Å². The van der Waals surface area contributed by atoms with Crippen molar-refractivity contribution >= 4 is 38.5 Å². The zero-order valence-electron chi connectivity index (χ0n) is 15.7. The van der Waals surface area contributed by atoms with Crippen molar-refractivity contribution in [2.75, 3.05) is 5.75 Å². The first-order valence-electron chi connectivity index (χ1n) is 9.17. The number of rotatable bonds is 5. The minimum atomic E-state index is -1.28. The van der Waals surface area contributed by atoms with E-state index in [1.165, 1.54) is 6.07 Å². The second-order valence-electron chi connectivity index (χ2n) is 6.46. The van der Waals surface area contributed by atoms with Crippen molar-refractivity contribution in [3.05, 3.63) is 88.3 Å². The van der Waals surface area contributed by atoms with Gasteiger partial charge in [-0.2, -0.15) is 0 Å². The van der Waals surface area contributed by atoms with Gasteiger partial charge < -0.3 is 9.15 Å². The van der Waals surface area contributed by atoms with Crippen molar-refractivity contribution in [3.8, 4) is 0 Å². The van der Waals surface area contributed by atoms with Crippen LogP contribution in [0.3, 0.4) is 0 Å². The molecule has 0 N–H and O–H groups in total. The molecule has 146 valence electrons. The van der Waals surface area contributed by atoms with E-state index in [-0.39, 0.29) is 12.2 Å². The number of fused-ring (bicyclic) bond motifs is 3. The second-order valence-corrected chi connectivity index (χ2v) is 8.17. The predicted octanol–water partition coefficient (Wildman–Crippen LogP) is 4.43. The van der Waals surface area contributed by atoms with E-state index in [4.69, 9.17) is 9.15 Å². The third kappa shape index (κ3) is 3.71. The Labute approximate surface area is 169 Å². The number of benzene rings is 3. The van der Waals surface area contributed by atoms with Gasteiger partial charge in [-0.05, 0) is 29.0 Å². The lowest BCUT2D eigenvalue weighted by molar-refractivity contribution is 0.0469. The van der Waals surface area contributed by atoms with Gasteiger partial charge in [0.05, 0.1) is 21.3 Å². The summed E-state index contributed by atoms with van der Waals surface area (Å²) in [5.74, 6) is -0.176. The number of esters is 1. The molecule has 0 aliphatic carbocycles. The molecular formula is C23H18O5S. The molecule has 0 amide bonds. The van der Waals surface area contributed by atoms with E-state index in [2.05, 4.69) is 0 Å². The van der Waals surface area contributed by atoms with Gasteiger partial charge in [0.2, 0.25) is 0 Å². The molecular weight excluding hydrogens is 388 g/mol. The molecule has 1 heterocycles. The molecule has 0 bridgehead atoms. The quantitative estimate of drug-likeness (QED) is 0.278. The molecule has 4 rings (SSSR count). The van der Waals surface area contributed by atoms with Crippen LogP contribution >= 0.6 is 0 Å². The van der Waals surface area contributed by atoms with Gasteiger partial charge in [0.15, 0.2) is 0 Å². The Bertz CT molecular complexity index is 1310. The van der Waals surface area contributed by atoms with Crippen LogP contribution in [0.25, 0.3) is 21.7 Å². The Morgan fingerprint density at radius 1 is 1.03 bits per heavy atom. The first-order chi connectivity index (χ1) is 14.1. The van der Waals surface area contributed by atoms with Crippen molar-refractivity contribution in [1.29, 1.82) is 0 Å². The molecule has 0 aliphatic heterocycles. The highest BCUT2D eigenvalue weighted by Gasteiger charge is 2.17. The van der Waals surface area contributed by atoms with E-state index >= 15 is 0 Å². The normalized spacial score (nSPS) is 12.2. The Balaban J connectivity index is 1.72. The maximum absolute atomic E-state index is 12.7. The van der Waals surface area contributed by atoms with Gasteiger partial charge in [-0.25, -0.2) is 9.59 Å². The summed E-state index contributed by atoms with van der Waals surface area (Å²) < 4.78 is 23.1. The highest BCUT2D eigenvalue weighted by Crippen LogP contribution is 2.28. The molecule has 1 atom stereocenters. The Kier molecular flexibility index (Phi) is 5.27. The predicted molar refractivity (Wildman–Crippen MR) is 113 cm³/mol. The largest absolute Gasteiger partial charge is 0.457 e. The van der Waals surface area contributed by atoms with Crippen LogP contribution in [0.4, 0.5) is 0 Å². The highest BCUT2D eigenvalue weighted by molar-refractivity contribution is 7.85. The summed E-state index contributed by atoms with van der Waals surface area (Å²) in [4.78, 5) is 25.1. The van der Waals surface area contributed by atoms with Crippen LogP contribution in [0.15, 0.2) is 80.8 Å². The summed E-state index contributed by atoms with van der Waals surface area (Å²) in [5.41, 5.74) is 0.765. The first-order valence-corrected chi connectivity index (χ1v) is 10.5. The van der Waals surface area contributed by atoms with Gasteiger partial charge in [0.1, 0.15) is 12.2 Å². The monoisotopic (exact) mass is 406 g/mol. The molecule has 0 radical (unpaired) electrons.